The number of hydrogen-bond acceptors (Lipinski definition) is 7. The fourth-order valence-corrected chi connectivity index (χ4v) is 3.38. The molecule has 11 heteroatoms. The number of fused-ring (bicyclic) bond motifs is 1. The topological polar surface area (TPSA) is 151 Å². The van der Waals surface area contributed by atoms with Crippen molar-refractivity contribution in [2.45, 2.75) is 37.8 Å². The molecule has 1 aromatic carbocycles. The number of carbonyl (C=O) groups excluding carboxylic acids is 1. The van der Waals surface area contributed by atoms with Gasteiger partial charge in [-0.05, 0) is 24.1 Å². The van der Waals surface area contributed by atoms with Gasteiger partial charge in [-0.3, -0.25) is 9.36 Å². The first-order chi connectivity index (χ1) is 14.1. The van der Waals surface area contributed by atoms with Crippen LogP contribution in [0.15, 0.2) is 48.1 Å². The summed E-state index contributed by atoms with van der Waals surface area (Å²) in [6, 6.07) is 7.90. The number of nitrogens with zero attached hydrogens (tertiary/aromatic N) is 7. The molecule has 3 aromatic rings. The summed E-state index contributed by atoms with van der Waals surface area (Å²) in [4.78, 5) is 28.0. The molecule has 2 N–H and O–H groups in total. The van der Waals surface area contributed by atoms with E-state index < -0.39 is 24.5 Å². The molecule has 1 saturated heterocycles. The molecule has 0 radical (unpaired) electrons. The highest BCUT2D eigenvalue weighted by Gasteiger charge is 2.44. The maximum Gasteiger partial charge on any atom is 0.256 e. The van der Waals surface area contributed by atoms with Crippen molar-refractivity contribution >= 4 is 22.9 Å². The third-order valence-electron chi connectivity index (χ3n) is 4.83. The number of anilines is 1. The Morgan fingerprint density at radius 3 is 2.86 bits per heavy atom. The number of aromatic nitrogens is 4. The van der Waals surface area contributed by atoms with Crippen LogP contribution in [0.1, 0.15) is 29.9 Å². The fourth-order valence-electron chi connectivity index (χ4n) is 3.38. The monoisotopic (exact) mass is 394 g/mol. The van der Waals surface area contributed by atoms with Gasteiger partial charge in [-0.15, -0.1) is 0 Å². The molecular formula is C18H18N8O3. The fraction of sp³-hybridized carbons (Fsp3) is 0.333. The second-order valence-electron chi connectivity index (χ2n) is 6.53. The molecule has 29 heavy (non-hydrogen) atoms. The Morgan fingerprint density at radius 1 is 1.34 bits per heavy atom. The summed E-state index contributed by atoms with van der Waals surface area (Å²) in [7, 11) is 0. The molecule has 4 rings (SSSR count). The zero-order chi connectivity index (χ0) is 20.4. The molecule has 0 unspecified atom stereocenters. The van der Waals surface area contributed by atoms with Crippen molar-refractivity contribution in [2.75, 3.05) is 5.32 Å². The van der Waals surface area contributed by atoms with Crippen LogP contribution in [0.25, 0.3) is 21.6 Å². The molecule has 0 bridgehead atoms. The molecule has 1 amide bonds. The van der Waals surface area contributed by atoms with Gasteiger partial charge in [0, 0.05) is 10.5 Å². The molecule has 148 valence electrons. The standard InChI is InChI=1S/C18H18N8O3/c1-2-11-14(27)12(24-25-19)18(29-11)26-9-22-13-15(20-8-21-16(13)26)23-17(28)10-6-4-3-5-7-10/h3-9,11-12,14,18,27H,2H2,1H3,(H,20,21,23,28)/t11-,12-,14+,18-/m1/s1. The molecule has 11 nitrogen and oxygen atoms in total. The summed E-state index contributed by atoms with van der Waals surface area (Å²) < 4.78 is 7.47. The molecule has 3 heterocycles. The molecule has 1 aliphatic rings. The molecule has 1 aliphatic heterocycles. The van der Waals surface area contributed by atoms with Gasteiger partial charge in [-0.2, -0.15) is 0 Å². The van der Waals surface area contributed by atoms with Gasteiger partial charge < -0.3 is 15.2 Å². The van der Waals surface area contributed by atoms with Crippen molar-refractivity contribution in [1.29, 1.82) is 0 Å². The quantitative estimate of drug-likeness (QED) is 0.385. The first kappa shape index (κ1) is 18.8. The molecular weight excluding hydrogens is 376 g/mol. The second-order valence-corrected chi connectivity index (χ2v) is 6.53. The minimum atomic E-state index is -0.947. The summed E-state index contributed by atoms with van der Waals surface area (Å²) in [5, 5.41) is 16.8. The Morgan fingerprint density at radius 2 is 2.14 bits per heavy atom. The van der Waals surface area contributed by atoms with Gasteiger partial charge >= 0.3 is 0 Å². The van der Waals surface area contributed by atoms with Gasteiger partial charge in [0.1, 0.15) is 18.6 Å². The number of azide groups is 1. The van der Waals surface area contributed by atoms with Crippen LogP contribution in [0.3, 0.4) is 0 Å². The smallest absolute Gasteiger partial charge is 0.256 e. The van der Waals surface area contributed by atoms with Crippen LogP contribution in [-0.4, -0.2) is 48.8 Å². The Kier molecular flexibility index (Phi) is 5.09. The Balaban J connectivity index is 1.69. The number of rotatable bonds is 5. The van der Waals surface area contributed by atoms with Crippen molar-refractivity contribution in [3.63, 3.8) is 0 Å². The van der Waals surface area contributed by atoms with E-state index in [0.29, 0.717) is 23.1 Å². The minimum Gasteiger partial charge on any atom is -0.390 e. The lowest BCUT2D eigenvalue weighted by atomic mass is 10.1. The van der Waals surface area contributed by atoms with E-state index in [4.69, 9.17) is 10.3 Å². The molecule has 0 spiro atoms. The van der Waals surface area contributed by atoms with Crippen LogP contribution in [0.2, 0.25) is 0 Å². The summed E-state index contributed by atoms with van der Waals surface area (Å²) in [6.45, 7) is 1.87. The Bertz CT molecular complexity index is 1080. The van der Waals surface area contributed by atoms with E-state index >= 15 is 0 Å². The van der Waals surface area contributed by atoms with Crippen molar-refractivity contribution < 1.29 is 14.6 Å². The number of benzene rings is 1. The van der Waals surface area contributed by atoms with Crippen molar-refractivity contribution in [3.8, 4) is 0 Å². The minimum absolute atomic E-state index is 0.244. The normalized spacial score (nSPS) is 23.7. The molecule has 0 saturated carbocycles. The number of imidazole rings is 1. The van der Waals surface area contributed by atoms with Gasteiger partial charge in [0.15, 0.2) is 17.0 Å². The predicted molar refractivity (Wildman–Crippen MR) is 103 cm³/mol. The van der Waals surface area contributed by atoms with E-state index in [1.807, 2.05) is 13.0 Å². The van der Waals surface area contributed by atoms with E-state index in [-0.39, 0.29) is 11.7 Å². The van der Waals surface area contributed by atoms with Crippen LogP contribution >= 0.6 is 0 Å². The highest BCUT2D eigenvalue weighted by molar-refractivity contribution is 6.06. The lowest BCUT2D eigenvalue weighted by molar-refractivity contribution is -0.0191. The summed E-state index contributed by atoms with van der Waals surface area (Å²) >= 11 is 0. The van der Waals surface area contributed by atoms with E-state index in [9.17, 15) is 9.90 Å². The highest BCUT2D eigenvalue weighted by Crippen LogP contribution is 2.35. The van der Waals surface area contributed by atoms with Crippen LogP contribution in [0.4, 0.5) is 5.82 Å². The van der Waals surface area contributed by atoms with E-state index in [0.717, 1.165) is 0 Å². The van der Waals surface area contributed by atoms with Crippen LogP contribution in [-0.2, 0) is 4.74 Å². The predicted octanol–water partition coefficient (Wildman–Crippen LogP) is 2.43. The maximum absolute atomic E-state index is 12.5. The summed E-state index contributed by atoms with van der Waals surface area (Å²) in [5.74, 6) is -0.0841. The number of hydrogen-bond donors (Lipinski definition) is 2. The number of carbonyl (C=O) groups is 1. The third-order valence-corrected chi connectivity index (χ3v) is 4.83. The van der Waals surface area contributed by atoms with E-state index in [1.165, 1.54) is 12.7 Å². The van der Waals surface area contributed by atoms with Gasteiger partial charge in [0.25, 0.3) is 5.91 Å². The lowest BCUT2D eigenvalue weighted by Crippen LogP contribution is -2.29. The van der Waals surface area contributed by atoms with Crippen molar-refractivity contribution in [2.24, 2.45) is 5.11 Å². The number of aliphatic hydroxyl groups is 1. The van der Waals surface area contributed by atoms with Crippen LogP contribution in [0, 0.1) is 0 Å². The summed E-state index contributed by atoms with van der Waals surface area (Å²) in [6.07, 6.45) is 1.11. The molecule has 2 aromatic heterocycles. The highest BCUT2D eigenvalue weighted by atomic mass is 16.5. The maximum atomic E-state index is 12.5. The number of ether oxygens (including phenoxy) is 1. The van der Waals surface area contributed by atoms with Crippen molar-refractivity contribution in [1.82, 2.24) is 19.5 Å². The summed E-state index contributed by atoms with van der Waals surface area (Å²) in [5.41, 5.74) is 10.1. The zero-order valence-corrected chi connectivity index (χ0v) is 15.5. The van der Waals surface area contributed by atoms with Crippen LogP contribution < -0.4 is 5.32 Å². The van der Waals surface area contributed by atoms with Gasteiger partial charge in [0.2, 0.25) is 0 Å². The van der Waals surface area contributed by atoms with Crippen LogP contribution in [0.5, 0.6) is 0 Å². The molecule has 0 aliphatic carbocycles. The number of amides is 1. The van der Waals surface area contributed by atoms with Crippen molar-refractivity contribution in [3.05, 3.63) is 59.0 Å². The zero-order valence-electron chi connectivity index (χ0n) is 15.5. The first-order valence-corrected chi connectivity index (χ1v) is 9.05. The van der Waals surface area contributed by atoms with Gasteiger partial charge in [-0.1, -0.05) is 30.2 Å². The molecule has 1 fully saturated rings. The lowest BCUT2D eigenvalue weighted by Gasteiger charge is -2.17. The SMILES string of the molecule is CC[C@H]1O[C@@H](n2cnc3c(NC(=O)c4ccccc4)ncnc32)[C@H](N=[N+]=[N-])[C@H]1O. The number of nitrogens with one attached hydrogen (secondary N) is 1. The van der Waals surface area contributed by atoms with E-state index in [2.05, 4.69) is 30.3 Å². The number of aliphatic hydroxyl groups excluding tert-OH is 1. The van der Waals surface area contributed by atoms with Gasteiger partial charge in [0.05, 0.1) is 18.5 Å². The van der Waals surface area contributed by atoms with Gasteiger partial charge in [-0.25, -0.2) is 15.0 Å². The third kappa shape index (κ3) is 3.38. The average Bonchev–Trinajstić information content (AvgIpc) is 3.31. The second kappa shape index (κ2) is 7.84. The Labute approximate surface area is 165 Å². The average molecular weight is 394 g/mol. The van der Waals surface area contributed by atoms with E-state index in [1.54, 1.807) is 28.8 Å². The molecule has 4 atom stereocenters. The first-order valence-electron chi connectivity index (χ1n) is 9.05. The Hall–Kier alpha value is -3.53. The largest absolute Gasteiger partial charge is 0.390 e.